The van der Waals surface area contributed by atoms with Crippen LogP contribution in [0.3, 0.4) is 0 Å². The van der Waals surface area contributed by atoms with Gasteiger partial charge in [-0.3, -0.25) is 9.59 Å². The number of carbonyl (C=O) groups excluding carboxylic acids is 2. The van der Waals surface area contributed by atoms with Crippen molar-refractivity contribution >= 4 is 21.7 Å². The summed E-state index contributed by atoms with van der Waals surface area (Å²) < 4.78 is 25.2. The Hall–Kier alpha value is -2.79. The van der Waals surface area contributed by atoms with Gasteiger partial charge in [-0.15, -0.1) is 5.10 Å². The van der Waals surface area contributed by atoms with Crippen LogP contribution in [-0.2, 0) is 19.4 Å². The Balaban J connectivity index is 1.98. The van der Waals surface area contributed by atoms with Gasteiger partial charge in [-0.1, -0.05) is 38.1 Å². The molecule has 2 N–H and O–H groups in total. The topological polar surface area (TPSA) is 134 Å². The first-order chi connectivity index (χ1) is 14.8. The highest BCUT2D eigenvalue weighted by molar-refractivity contribution is 7.90. The van der Waals surface area contributed by atoms with Gasteiger partial charge < -0.3 is 15.3 Å². The number of amides is 2. The van der Waals surface area contributed by atoms with Crippen LogP contribution >= 0.6 is 0 Å². The number of nitrogens with zero attached hydrogens (tertiary/aromatic N) is 4. The van der Waals surface area contributed by atoms with E-state index < -0.39 is 33.4 Å². The number of aliphatic hydroxyl groups is 1. The number of β-amino-alcohol motifs (C(OH)–C–C–N with tert-alkyl or cyclic N) is 1. The molecule has 1 fully saturated rings. The second kappa shape index (κ2) is 8.62. The van der Waals surface area contributed by atoms with Crippen LogP contribution in [0.5, 0.6) is 0 Å². The van der Waals surface area contributed by atoms with Gasteiger partial charge >= 0.3 is 0 Å². The summed E-state index contributed by atoms with van der Waals surface area (Å²) in [5, 5.41) is 21.0. The number of hydrogen-bond donors (Lipinski definition) is 2. The molecule has 1 saturated heterocycles. The zero-order chi connectivity index (χ0) is 23.8. The molecule has 11 heteroatoms. The molecule has 32 heavy (non-hydrogen) atoms. The maximum absolute atomic E-state index is 13.6. The molecule has 0 radical (unpaired) electrons. The van der Waals surface area contributed by atoms with Gasteiger partial charge in [-0.25, -0.2) is 13.1 Å². The minimum atomic E-state index is -3.39. The molecule has 2 amide bonds. The van der Waals surface area contributed by atoms with Crippen molar-refractivity contribution in [2.45, 2.75) is 50.3 Å². The number of aromatic nitrogens is 3. The fraction of sp³-hybridized carbons (Fsp3) is 0.524. The Morgan fingerprint density at radius 2 is 1.97 bits per heavy atom. The predicted octanol–water partition coefficient (Wildman–Crippen LogP) is 0.644. The summed E-state index contributed by atoms with van der Waals surface area (Å²) in [6, 6.07) is 4.80. The number of benzene rings is 1. The molecule has 0 saturated carbocycles. The van der Waals surface area contributed by atoms with Crippen LogP contribution in [0.15, 0.2) is 35.4 Å². The molecule has 2 heterocycles. The molecular formula is C21H29N5O5S. The molecule has 0 aliphatic carbocycles. The highest BCUT2D eigenvalue weighted by atomic mass is 32.2. The number of sulfone groups is 1. The normalized spacial score (nSPS) is 20.2. The van der Waals surface area contributed by atoms with E-state index in [-0.39, 0.29) is 29.7 Å². The fourth-order valence-corrected chi connectivity index (χ4v) is 4.60. The summed E-state index contributed by atoms with van der Waals surface area (Å²) in [7, 11) is -1.90. The van der Waals surface area contributed by atoms with E-state index in [1.54, 1.807) is 18.3 Å². The van der Waals surface area contributed by atoms with Crippen LogP contribution < -0.4 is 5.32 Å². The van der Waals surface area contributed by atoms with Gasteiger partial charge in [0.05, 0.1) is 17.2 Å². The van der Waals surface area contributed by atoms with Crippen LogP contribution in [0, 0.1) is 5.41 Å². The van der Waals surface area contributed by atoms with Crippen molar-refractivity contribution in [3.63, 3.8) is 0 Å². The number of rotatable bonds is 5. The van der Waals surface area contributed by atoms with E-state index in [1.807, 2.05) is 20.8 Å². The lowest BCUT2D eigenvalue weighted by atomic mass is 9.85. The third-order valence-corrected chi connectivity index (χ3v) is 6.61. The van der Waals surface area contributed by atoms with Gasteiger partial charge in [-0.05, 0) is 17.5 Å². The molecule has 1 aromatic carbocycles. The number of likely N-dealkylation sites (tertiary alicyclic amines) is 1. The van der Waals surface area contributed by atoms with Gasteiger partial charge in [0.15, 0.2) is 9.84 Å². The van der Waals surface area contributed by atoms with Gasteiger partial charge in [-0.2, -0.15) is 0 Å². The van der Waals surface area contributed by atoms with Gasteiger partial charge in [0, 0.05) is 31.8 Å². The Labute approximate surface area is 187 Å². The first-order valence-electron chi connectivity index (χ1n) is 10.3. The Bertz CT molecular complexity index is 1120. The Morgan fingerprint density at radius 3 is 2.56 bits per heavy atom. The van der Waals surface area contributed by atoms with Crippen molar-refractivity contribution in [2.75, 3.05) is 19.8 Å². The van der Waals surface area contributed by atoms with Crippen LogP contribution in [-0.4, -0.2) is 77.2 Å². The van der Waals surface area contributed by atoms with Crippen molar-refractivity contribution in [3.05, 3.63) is 30.5 Å². The van der Waals surface area contributed by atoms with Crippen LogP contribution in [0.4, 0.5) is 0 Å². The van der Waals surface area contributed by atoms with E-state index in [9.17, 15) is 23.1 Å². The monoisotopic (exact) mass is 463 g/mol. The molecule has 3 atom stereocenters. The molecular weight excluding hydrogens is 434 g/mol. The summed E-state index contributed by atoms with van der Waals surface area (Å²) in [6.07, 6.45) is 2.11. The number of nitrogens with one attached hydrogen (secondary N) is 1. The average Bonchev–Trinajstić information content (AvgIpc) is 3.33. The second-order valence-electron chi connectivity index (χ2n) is 9.16. The lowest BCUT2D eigenvalue weighted by molar-refractivity contribution is -0.144. The van der Waals surface area contributed by atoms with Gasteiger partial charge in [0.1, 0.15) is 17.8 Å². The minimum absolute atomic E-state index is 0.0570. The first kappa shape index (κ1) is 23.9. The zero-order valence-corrected chi connectivity index (χ0v) is 19.6. The standard InChI is InChI=1S/C21H29N5O5S/c1-21(2,3)18(20(29)25-11-14(27)10-17(25)19(28)22-4)26-12-16(23-24-26)13-7-6-8-15(9-13)32(5,30)31/h6-9,12,14,17-18,27H,10-11H2,1-5H3,(H,22,28)/t14-,17+,18?/m1/s1. The van der Waals surface area contributed by atoms with E-state index in [4.69, 9.17) is 0 Å². The lowest BCUT2D eigenvalue weighted by Crippen LogP contribution is -2.49. The highest BCUT2D eigenvalue weighted by Gasteiger charge is 2.45. The lowest BCUT2D eigenvalue weighted by Gasteiger charge is -2.34. The van der Waals surface area contributed by atoms with Gasteiger partial charge in [0.2, 0.25) is 11.8 Å². The summed E-state index contributed by atoms with van der Waals surface area (Å²) >= 11 is 0. The average molecular weight is 464 g/mol. The first-order valence-corrected chi connectivity index (χ1v) is 12.1. The molecule has 1 aliphatic rings. The summed E-state index contributed by atoms with van der Waals surface area (Å²) in [5.41, 5.74) is 0.387. The Morgan fingerprint density at radius 1 is 1.28 bits per heavy atom. The number of hydrogen-bond acceptors (Lipinski definition) is 7. The molecule has 0 spiro atoms. The van der Waals surface area contributed by atoms with Crippen molar-refractivity contribution in [3.8, 4) is 11.3 Å². The number of likely N-dealkylation sites (N-methyl/N-ethyl adjacent to an activating group) is 1. The molecule has 1 aromatic heterocycles. The smallest absolute Gasteiger partial charge is 0.248 e. The highest BCUT2D eigenvalue weighted by Crippen LogP contribution is 2.35. The quantitative estimate of drug-likeness (QED) is 0.664. The number of carbonyl (C=O) groups is 2. The Kier molecular flexibility index (Phi) is 6.43. The van der Waals surface area contributed by atoms with Crippen molar-refractivity contribution < 1.29 is 23.1 Å². The van der Waals surface area contributed by atoms with E-state index in [0.717, 1.165) is 6.26 Å². The number of aliphatic hydroxyl groups excluding tert-OH is 1. The second-order valence-corrected chi connectivity index (χ2v) is 11.2. The van der Waals surface area contributed by atoms with Crippen LogP contribution in [0.2, 0.25) is 0 Å². The minimum Gasteiger partial charge on any atom is -0.391 e. The summed E-state index contributed by atoms with van der Waals surface area (Å²) in [6.45, 7) is 5.69. The molecule has 3 rings (SSSR count). The third-order valence-electron chi connectivity index (χ3n) is 5.50. The third kappa shape index (κ3) is 4.83. The van der Waals surface area contributed by atoms with E-state index in [0.29, 0.717) is 11.3 Å². The molecule has 1 unspecified atom stereocenters. The summed E-state index contributed by atoms with van der Waals surface area (Å²) in [5.74, 6) is -0.677. The SMILES string of the molecule is CNC(=O)[C@@H]1C[C@@H](O)CN1C(=O)C(n1cc(-c2cccc(S(C)(=O)=O)c2)nn1)C(C)(C)C. The van der Waals surface area contributed by atoms with E-state index in [2.05, 4.69) is 15.6 Å². The summed E-state index contributed by atoms with van der Waals surface area (Å²) in [4.78, 5) is 27.4. The van der Waals surface area contributed by atoms with Crippen LogP contribution in [0.1, 0.15) is 33.2 Å². The fourth-order valence-electron chi connectivity index (χ4n) is 3.93. The molecule has 0 bridgehead atoms. The van der Waals surface area contributed by atoms with Gasteiger partial charge in [0.25, 0.3) is 0 Å². The molecule has 1 aliphatic heterocycles. The predicted molar refractivity (Wildman–Crippen MR) is 117 cm³/mol. The zero-order valence-electron chi connectivity index (χ0n) is 18.8. The van der Waals surface area contributed by atoms with E-state index in [1.165, 1.54) is 28.8 Å². The largest absolute Gasteiger partial charge is 0.391 e. The van der Waals surface area contributed by atoms with Crippen molar-refractivity contribution in [1.29, 1.82) is 0 Å². The van der Waals surface area contributed by atoms with Crippen LogP contribution in [0.25, 0.3) is 11.3 Å². The molecule has 174 valence electrons. The maximum atomic E-state index is 13.6. The molecule has 2 aromatic rings. The van der Waals surface area contributed by atoms with Crippen molar-refractivity contribution in [1.82, 2.24) is 25.2 Å². The maximum Gasteiger partial charge on any atom is 0.248 e. The molecule has 10 nitrogen and oxygen atoms in total. The van der Waals surface area contributed by atoms with E-state index >= 15 is 0 Å². The van der Waals surface area contributed by atoms with Crippen molar-refractivity contribution in [2.24, 2.45) is 5.41 Å².